The van der Waals surface area contributed by atoms with E-state index in [1.807, 2.05) is 6.07 Å². The molecule has 1 aliphatic rings. The first-order valence-corrected chi connectivity index (χ1v) is 12.9. The van der Waals surface area contributed by atoms with Crippen LogP contribution in [0.4, 0.5) is 11.6 Å². The number of anilines is 2. The minimum atomic E-state index is -1.28. The lowest BCUT2D eigenvalue weighted by Crippen LogP contribution is -2.42. The van der Waals surface area contributed by atoms with Crippen molar-refractivity contribution in [3.8, 4) is 11.5 Å². The lowest BCUT2D eigenvalue weighted by Gasteiger charge is -2.28. The first-order chi connectivity index (χ1) is 19.3. The molecule has 0 aliphatic carbocycles. The van der Waals surface area contributed by atoms with Gasteiger partial charge in [0, 0.05) is 60.3 Å². The van der Waals surface area contributed by atoms with Crippen molar-refractivity contribution in [1.29, 1.82) is 0 Å². The summed E-state index contributed by atoms with van der Waals surface area (Å²) in [5, 5.41) is 16.9. The van der Waals surface area contributed by atoms with Crippen LogP contribution in [0.3, 0.4) is 0 Å². The molecule has 1 unspecified atom stereocenters. The van der Waals surface area contributed by atoms with Crippen molar-refractivity contribution < 1.29 is 24.2 Å². The lowest BCUT2D eigenvalue weighted by molar-refractivity contribution is -0.132. The van der Waals surface area contributed by atoms with Gasteiger partial charge in [0.2, 0.25) is 5.95 Å². The zero-order valence-corrected chi connectivity index (χ0v) is 22.4. The summed E-state index contributed by atoms with van der Waals surface area (Å²) in [6, 6.07) is 13.6. The van der Waals surface area contributed by atoms with Crippen molar-refractivity contribution in [3.05, 3.63) is 83.2 Å². The molecule has 1 aliphatic heterocycles. The van der Waals surface area contributed by atoms with Gasteiger partial charge in [0.25, 0.3) is 11.8 Å². The summed E-state index contributed by atoms with van der Waals surface area (Å²) in [4.78, 5) is 38.1. The maximum atomic E-state index is 12.8. The first kappa shape index (κ1) is 27.1. The minimum Gasteiger partial charge on any atom is -0.457 e. The normalized spacial score (nSPS) is 14.0. The zero-order chi connectivity index (χ0) is 28.2. The number of hydrogen-bond acceptors (Lipinski definition) is 8. The maximum Gasteiger partial charge on any atom is 0.269 e. The van der Waals surface area contributed by atoms with Crippen LogP contribution in [0.2, 0.25) is 5.02 Å². The maximum absolute atomic E-state index is 12.8. The highest BCUT2D eigenvalue weighted by atomic mass is 35.5. The Bertz CT molecular complexity index is 1580. The Labute approximate surface area is 234 Å². The molecule has 0 radical (unpaired) electrons. The van der Waals surface area contributed by atoms with Gasteiger partial charge >= 0.3 is 0 Å². The average Bonchev–Trinajstić information content (AvgIpc) is 3.38. The summed E-state index contributed by atoms with van der Waals surface area (Å²) in [7, 11) is 1.53. The number of benzene rings is 2. The summed E-state index contributed by atoms with van der Waals surface area (Å²) >= 11 is 6.37. The fourth-order valence-corrected chi connectivity index (χ4v) is 4.43. The molecule has 206 valence electrons. The number of imidazole rings is 1. The van der Waals surface area contributed by atoms with E-state index in [4.69, 9.17) is 21.1 Å². The van der Waals surface area contributed by atoms with E-state index in [1.54, 1.807) is 47.4 Å². The molecule has 12 heteroatoms. The number of nitrogens with zero attached hydrogens (tertiary/aromatic N) is 3. The van der Waals surface area contributed by atoms with E-state index in [2.05, 4.69) is 32.2 Å². The van der Waals surface area contributed by atoms with Crippen LogP contribution in [0, 0.1) is 0 Å². The standard InChI is InChI=1S/C28H27ClN6O5/c1-16(27(38)35-9-11-39-12-10-35)25(36)20-13-17(3-5-21(20)29)32-28-33-22-6-4-18(14-23(22)34-28)40-19-7-8-31-24(15-19)26(37)30-2/h3-8,13-15,25,36H,1,9-12H2,2H3,(H,30,37)(H2,32,33,34). The highest BCUT2D eigenvalue weighted by Gasteiger charge is 2.26. The molecule has 0 spiro atoms. The Morgan fingerprint density at radius 1 is 1.15 bits per heavy atom. The second kappa shape index (κ2) is 11.7. The van der Waals surface area contributed by atoms with Crippen LogP contribution in [0.1, 0.15) is 22.2 Å². The number of nitrogens with one attached hydrogen (secondary N) is 3. The number of pyridine rings is 1. The number of morpholine rings is 1. The van der Waals surface area contributed by atoms with E-state index in [0.29, 0.717) is 65.5 Å². The van der Waals surface area contributed by atoms with E-state index in [0.717, 1.165) is 5.52 Å². The SMILES string of the molecule is C=C(C(=O)N1CCOCC1)C(O)c1cc(Nc2nc3cc(Oc4ccnc(C(=O)NC)c4)ccc3[nH]2)ccc1Cl. The Morgan fingerprint density at radius 2 is 1.93 bits per heavy atom. The van der Waals surface area contributed by atoms with Crippen LogP contribution in [0.25, 0.3) is 11.0 Å². The number of carbonyl (C=O) groups is 2. The first-order valence-electron chi connectivity index (χ1n) is 12.5. The van der Waals surface area contributed by atoms with Gasteiger partial charge in [-0.25, -0.2) is 4.98 Å². The summed E-state index contributed by atoms with van der Waals surface area (Å²) in [6.45, 7) is 5.61. The van der Waals surface area contributed by atoms with Gasteiger partial charge in [0.15, 0.2) is 0 Å². The predicted molar refractivity (Wildman–Crippen MR) is 150 cm³/mol. The number of aliphatic hydroxyl groups is 1. The molecule has 2 aromatic heterocycles. The number of carbonyl (C=O) groups excluding carboxylic acids is 2. The highest BCUT2D eigenvalue weighted by molar-refractivity contribution is 6.31. The molecule has 0 bridgehead atoms. The number of aromatic nitrogens is 3. The summed E-state index contributed by atoms with van der Waals surface area (Å²) in [5.41, 5.74) is 2.62. The van der Waals surface area contributed by atoms with Gasteiger partial charge < -0.3 is 35.1 Å². The number of aromatic amines is 1. The Balaban J connectivity index is 1.31. The lowest BCUT2D eigenvalue weighted by atomic mass is 10.0. The van der Waals surface area contributed by atoms with Crippen LogP contribution in [-0.4, -0.2) is 70.1 Å². The van der Waals surface area contributed by atoms with Crippen molar-refractivity contribution in [2.45, 2.75) is 6.10 Å². The quantitative estimate of drug-likeness (QED) is 0.236. The Morgan fingerprint density at radius 3 is 2.70 bits per heavy atom. The van der Waals surface area contributed by atoms with E-state index in [1.165, 1.54) is 13.2 Å². The average molecular weight is 563 g/mol. The number of ether oxygens (including phenoxy) is 2. The topological polar surface area (TPSA) is 142 Å². The van der Waals surface area contributed by atoms with Crippen molar-refractivity contribution >= 4 is 46.1 Å². The van der Waals surface area contributed by atoms with Crippen LogP contribution >= 0.6 is 11.6 Å². The molecule has 3 heterocycles. The molecule has 1 saturated heterocycles. The third-order valence-electron chi connectivity index (χ3n) is 6.34. The van der Waals surface area contributed by atoms with E-state index < -0.39 is 6.10 Å². The molecule has 5 rings (SSSR count). The molecule has 1 fully saturated rings. The third kappa shape index (κ3) is 5.91. The van der Waals surface area contributed by atoms with Crippen LogP contribution in [-0.2, 0) is 9.53 Å². The minimum absolute atomic E-state index is 0.0360. The van der Waals surface area contributed by atoms with Gasteiger partial charge in [-0.2, -0.15) is 0 Å². The number of rotatable bonds is 8. The van der Waals surface area contributed by atoms with Crippen molar-refractivity contribution in [1.82, 2.24) is 25.2 Å². The fraction of sp³-hybridized carbons (Fsp3) is 0.214. The van der Waals surface area contributed by atoms with Gasteiger partial charge in [-0.05, 0) is 36.4 Å². The summed E-state index contributed by atoms with van der Waals surface area (Å²) < 4.78 is 11.2. The monoisotopic (exact) mass is 562 g/mol. The molecular weight excluding hydrogens is 536 g/mol. The molecule has 4 N–H and O–H groups in total. The van der Waals surface area contributed by atoms with Crippen LogP contribution in [0.5, 0.6) is 11.5 Å². The summed E-state index contributed by atoms with van der Waals surface area (Å²) in [5.74, 6) is 0.790. The van der Waals surface area contributed by atoms with Crippen LogP contribution in [0.15, 0.2) is 66.9 Å². The fourth-order valence-electron chi connectivity index (χ4n) is 4.21. The predicted octanol–water partition coefficient (Wildman–Crippen LogP) is 3.96. The molecule has 1 atom stereocenters. The second-order valence-corrected chi connectivity index (χ2v) is 9.42. The Hall–Kier alpha value is -4.45. The molecule has 2 amide bonds. The zero-order valence-electron chi connectivity index (χ0n) is 21.6. The van der Waals surface area contributed by atoms with Gasteiger partial charge in [0.05, 0.1) is 24.2 Å². The molecule has 2 aromatic carbocycles. The molecule has 40 heavy (non-hydrogen) atoms. The Kier molecular flexibility index (Phi) is 7.96. The van der Waals surface area contributed by atoms with Crippen molar-refractivity contribution in [2.75, 3.05) is 38.7 Å². The molecule has 11 nitrogen and oxygen atoms in total. The summed E-state index contributed by atoms with van der Waals surface area (Å²) in [6.07, 6.45) is 0.220. The third-order valence-corrected chi connectivity index (χ3v) is 6.68. The van der Waals surface area contributed by atoms with E-state index in [9.17, 15) is 14.7 Å². The largest absolute Gasteiger partial charge is 0.457 e. The number of fused-ring (bicyclic) bond motifs is 1. The number of H-pyrrole nitrogens is 1. The highest BCUT2D eigenvalue weighted by Crippen LogP contribution is 2.32. The number of hydrogen-bond donors (Lipinski definition) is 4. The van der Waals surface area contributed by atoms with Gasteiger partial charge in [-0.1, -0.05) is 18.2 Å². The van der Waals surface area contributed by atoms with Crippen LogP contribution < -0.4 is 15.4 Å². The molecule has 4 aromatic rings. The number of amides is 2. The van der Waals surface area contributed by atoms with Crippen molar-refractivity contribution in [2.24, 2.45) is 0 Å². The van der Waals surface area contributed by atoms with Gasteiger partial charge in [0.1, 0.15) is 23.3 Å². The second-order valence-electron chi connectivity index (χ2n) is 9.02. The molecular formula is C28H27ClN6O5. The van der Waals surface area contributed by atoms with Gasteiger partial charge in [-0.3, -0.25) is 14.6 Å². The van der Waals surface area contributed by atoms with E-state index >= 15 is 0 Å². The van der Waals surface area contributed by atoms with Gasteiger partial charge in [-0.15, -0.1) is 0 Å². The van der Waals surface area contributed by atoms with E-state index in [-0.39, 0.29) is 23.1 Å². The smallest absolute Gasteiger partial charge is 0.269 e. The number of halogens is 1. The molecule has 0 saturated carbocycles. The van der Waals surface area contributed by atoms with Crippen molar-refractivity contribution in [3.63, 3.8) is 0 Å². The number of aliphatic hydroxyl groups excluding tert-OH is 1.